The highest BCUT2D eigenvalue weighted by molar-refractivity contribution is 7.07. The maximum Gasteiger partial charge on any atom is 0.325 e. The first-order valence-corrected chi connectivity index (χ1v) is 6.67. The molecule has 0 saturated carbocycles. The van der Waals surface area contributed by atoms with Gasteiger partial charge in [-0.1, -0.05) is 0 Å². The summed E-state index contributed by atoms with van der Waals surface area (Å²) in [5, 5.41) is 14.0. The van der Waals surface area contributed by atoms with E-state index in [2.05, 4.69) is 5.38 Å². The van der Waals surface area contributed by atoms with Crippen LogP contribution in [0.4, 0.5) is 0 Å². The van der Waals surface area contributed by atoms with Gasteiger partial charge in [-0.25, -0.2) is 0 Å². The van der Waals surface area contributed by atoms with Crippen LogP contribution in [0.15, 0.2) is 16.8 Å². The summed E-state index contributed by atoms with van der Waals surface area (Å²) < 4.78 is 4.77. The zero-order valence-corrected chi connectivity index (χ0v) is 10.7. The van der Waals surface area contributed by atoms with Gasteiger partial charge in [-0.15, -0.1) is 0 Å². The number of methoxy groups -OCH3 is 1. The second-order valence-electron chi connectivity index (χ2n) is 4.28. The largest absolute Gasteiger partial charge is 0.468 e. The Balaban J connectivity index is 2.09. The van der Waals surface area contributed by atoms with Crippen LogP contribution in [0.1, 0.15) is 18.4 Å². The third-order valence-electron chi connectivity index (χ3n) is 3.11. The zero-order chi connectivity index (χ0) is 12.3. The predicted molar refractivity (Wildman–Crippen MR) is 65.8 cm³/mol. The number of nitrogens with zero attached hydrogens (tertiary/aromatic N) is 1. The summed E-state index contributed by atoms with van der Waals surface area (Å²) in [5.74, 6) is -0.340. The Kier molecular flexibility index (Phi) is 4.15. The number of hydrogen-bond donors (Lipinski definition) is 1. The van der Waals surface area contributed by atoms with Crippen molar-refractivity contribution in [3.8, 4) is 0 Å². The molecule has 0 bridgehead atoms. The summed E-state index contributed by atoms with van der Waals surface area (Å²) in [6.45, 7) is 1.52. The molecule has 1 fully saturated rings. The molecule has 1 N–H and O–H groups in total. The predicted octanol–water partition coefficient (Wildman–Crippen LogP) is 1.25. The van der Waals surface area contributed by atoms with Crippen molar-refractivity contribution in [3.05, 3.63) is 22.4 Å². The quantitative estimate of drug-likeness (QED) is 0.826. The number of rotatable bonds is 3. The van der Waals surface area contributed by atoms with Crippen LogP contribution in [0.5, 0.6) is 0 Å². The molecule has 0 amide bonds. The molecule has 2 atom stereocenters. The van der Waals surface area contributed by atoms with Crippen LogP contribution in [0.2, 0.25) is 0 Å². The molecule has 94 valence electrons. The Morgan fingerprint density at radius 3 is 3.18 bits per heavy atom. The van der Waals surface area contributed by atoms with Gasteiger partial charge in [0.15, 0.2) is 0 Å². The first-order valence-electron chi connectivity index (χ1n) is 5.73. The number of likely N-dealkylation sites (tertiary alicyclic amines) is 1. The number of aliphatic hydroxyl groups is 1. The Morgan fingerprint density at radius 1 is 1.71 bits per heavy atom. The van der Waals surface area contributed by atoms with Crippen LogP contribution in [0.25, 0.3) is 0 Å². The van der Waals surface area contributed by atoms with Gasteiger partial charge < -0.3 is 9.84 Å². The molecule has 1 aromatic rings. The monoisotopic (exact) mass is 255 g/mol. The van der Waals surface area contributed by atoms with E-state index in [0.717, 1.165) is 13.0 Å². The number of esters is 1. The van der Waals surface area contributed by atoms with Crippen molar-refractivity contribution in [3.63, 3.8) is 0 Å². The lowest BCUT2D eigenvalue weighted by Crippen LogP contribution is -2.52. The minimum absolute atomic E-state index is 0.340. The second kappa shape index (κ2) is 5.62. The number of hydrogen-bond acceptors (Lipinski definition) is 5. The summed E-state index contributed by atoms with van der Waals surface area (Å²) in [6, 6.07) is 1.52. The van der Waals surface area contributed by atoms with Crippen LogP contribution in [-0.2, 0) is 16.1 Å². The lowest BCUT2D eigenvalue weighted by Gasteiger charge is -2.36. The topological polar surface area (TPSA) is 49.8 Å². The number of aliphatic hydroxyl groups excluding tert-OH is 1. The maximum atomic E-state index is 11.7. The molecule has 2 heterocycles. The van der Waals surface area contributed by atoms with Crippen molar-refractivity contribution >= 4 is 17.3 Å². The molecule has 2 rings (SSSR count). The normalized spacial score (nSPS) is 25.8. The molecule has 0 spiro atoms. The molecule has 0 radical (unpaired) electrons. The van der Waals surface area contributed by atoms with Crippen molar-refractivity contribution in [1.82, 2.24) is 4.90 Å². The second-order valence-corrected chi connectivity index (χ2v) is 5.06. The van der Waals surface area contributed by atoms with Crippen molar-refractivity contribution in [2.24, 2.45) is 0 Å². The number of thiophene rings is 1. The van der Waals surface area contributed by atoms with Crippen LogP contribution in [0.3, 0.4) is 0 Å². The standard InChI is InChI=1S/C12H17NO3S/c1-16-12(15)11-10(14)3-2-5-13(11)7-9-4-6-17-8-9/h4,6,8,10-11,14H,2-3,5,7H2,1H3/t10-,11+/m0/s1. The van der Waals surface area contributed by atoms with Gasteiger partial charge in [-0.2, -0.15) is 11.3 Å². The third kappa shape index (κ3) is 2.86. The summed E-state index contributed by atoms with van der Waals surface area (Å²) >= 11 is 1.64. The lowest BCUT2D eigenvalue weighted by molar-refractivity contribution is -0.154. The summed E-state index contributed by atoms with van der Waals surface area (Å²) in [7, 11) is 1.37. The fraction of sp³-hybridized carbons (Fsp3) is 0.583. The minimum atomic E-state index is -0.616. The van der Waals surface area contributed by atoms with Crippen LogP contribution in [-0.4, -0.2) is 41.8 Å². The van der Waals surface area contributed by atoms with E-state index in [1.807, 2.05) is 16.3 Å². The van der Waals surface area contributed by atoms with Crippen LogP contribution < -0.4 is 0 Å². The van der Waals surface area contributed by atoms with E-state index in [1.54, 1.807) is 11.3 Å². The smallest absolute Gasteiger partial charge is 0.325 e. The molecule has 1 aromatic heterocycles. The molecular formula is C12H17NO3S. The molecule has 0 aromatic carbocycles. The number of carbonyl (C=O) groups excluding carboxylic acids is 1. The molecule has 1 saturated heterocycles. The first-order chi connectivity index (χ1) is 8.22. The van der Waals surface area contributed by atoms with E-state index >= 15 is 0 Å². The third-order valence-corrected chi connectivity index (χ3v) is 3.84. The Hall–Kier alpha value is -0.910. The fourth-order valence-electron chi connectivity index (χ4n) is 2.27. The average molecular weight is 255 g/mol. The molecule has 17 heavy (non-hydrogen) atoms. The summed E-state index contributed by atoms with van der Waals surface area (Å²) in [4.78, 5) is 13.7. The minimum Gasteiger partial charge on any atom is -0.468 e. The SMILES string of the molecule is COC(=O)[C@H]1[C@@H](O)CCCN1Cc1ccsc1. The number of carbonyl (C=O) groups is 1. The van der Waals surface area contributed by atoms with Crippen LogP contribution in [0, 0.1) is 0 Å². The van der Waals surface area contributed by atoms with E-state index in [9.17, 15) is 9.90 Å². The number of piperidine rings is 1. The van der Waals surface area contributed by atoms with Gasteiger partial charge >= 0.3 is 5.97 Å². The Morgan fingerprint density at radius 2 is 2.53 bits per heavy atom. The molecule has 5 heteroatoms. The van der Waals surface area contributed by atoms with Crippen molar-refractivity contribution < 1.29 is 14.6 Å². The van der Waals surface area contributed by atoms with Gasteiger partial charge in [0.25, 0.3) is 0 Å². The summed E-state index contributed by atoms with van der Waals surface area (Å²) in [6.07, 6.45) is 0.966. The molecular weight excluding hydrogens is 238 g/mol. The Bertz CT molecular complexity index is 366. The highest BCUT2D eigenvalue weighted by Gasteiger charge is 2.36. The average Bonchev–Trinajstić information content (AvgIpc) is 2.81. The van der Waals surface area contributed by atoms with Crippen LogP contribution >= 0.6 is 11.3 Å². The first kappa shape index (κ1) is 12.5. The van der Waals surface area contributed by atoms with Crippen molar-refractivity contribution in [2.75, 3.05) is 13.7 Å². The van der Waals surface area contributed by atoms with Gasteiger partial charge in [0.2, 0.25) is 0 Å². The van der Waals surface area contributed by atoms with Gasteiger partial charge in [-0.05, 0) is 41.8 Å². The molecule has 1 aliphatic rings. The molecule has 0 aliphatic carbocycles. The van der Waals surface area contributed by atoms with Gasteiger partial charge in [0.05, 0.1) is 13.2 Å². The number of ether oxygens (including phenoxy) is 1. The zero-order valence-electron chi connectivity index (χ0n) is 9.83. The van der Waals surface area contributed by atoms with Gasteiger partial charge in [0.1, 0.15) is 6.04 Å². The van der Waals surface area contributed by atoms with Gasteiger partial charge in [-0.3, -0.25) is 9.69 Å². The fourth-order valence-corrected chi connectivity index (χ4v) is 2.93. The van der Waals surface area contributed by atoms with Crippen molar-refractivity contribution in [1.29, 1.82) is 0 Å². The highest BCUT2D eigenvalue weighted by atomic mass is 32.1. The van der Waals surface area contributed by atoms with E-state index in [1.165, 1.54) is 12.7 Å². The van der Waals surface area contributed by atoms with E-state index in [0.29, 0.717) is 13.0 Å². The van der Waals surface area contributed by atoms with E-state index in [4.69, 9.17) is 4.74 Å². The highest BCUT2D eigenvalue weighted by Crippen LogP contribution is 2.22. The lowest BCUT2D eigenvalue weighted by atomic mass is 9.98. The van der Waals surface area contributed by atoms with Gasteiger partial charge in [0, 0.05) is 6.54 Å². The molecule has 0 unspecified atom stereocenters. The summed E-state index contributed by atoms with van der Waals surface area (Å²) in [5.41, 5.74) is 1.18. The molecule has 4 nitrogen and oxygen atoms in total. The van der Waals surface area contributed by atoms with E-state index in [-0.39, 0.29) is 5.97 Å². The molecule has 1 aliphatic heterocycles. The Labute approximate surface area is 105 Å². The maximum absolute atomic E-state index is 11.7. The van der Waals surface area contributed by atoms with E-state index < -0.39 is 12.1 Å². The van der Waals surface area contributed by atoms with Crippen molar-refractivity contribution in [2.45, 2.75) is 31.5 Å².